The maximum atomic E-state index is 5.85. The molecular formula is C22H25NO. The van der Waals surface area contributed by atoms with Crippen molar-refractivity contribution in [3.8, 4) is 5.75 Å². The van der Waals surface area contributed by atoms with Gasteiger partial charge in [0.1, 0.15) is 5.75 Å². The summed E-state index contributed by atoms with van der Waals surface area (Å²) in [6, 6.07) is 16.8. The molecule has 1 heterocycles. The highest BCUT2D eigenvalue weighted by atomic mass is 16.5. The normalized spacial score (nSPS) is 14.1. The standard InChI is InChI=1S/C22H25NO/c1-3-4-14-24-20-10-11-21-19(16-20)12-13-23-22(21)17(2)15-18-8-6-5-7-9-18/h5-11,15-16H,3-4,12-14H2,1-2H3/b17-15+. The Kier molecular flexibility index (Phi) is 5.47. The summed E-state index contributed by atoms with van der Waals surface area (Å²) in [4.78, 5) is 4.78. The summed E-state index contributed by atoms with van der Waals surface area (Å²) in [5, 5.41) is 0. The summed E-state index contributed by atoms with van der Waals surface area (Å²) in [6.45, 7) is 5.97. The van der Waals surface area contributed by atoms with E-state index in [1.165, 1.54) is 22.3 Å². The van der Waals surface area contributed by atoms with E-state index in [0.29, 0.717) is 0 Å². The smallest absolute Gasteiger partial charge is 0.119 e. The lowest BCUT2D eigenvalue weighted by Gasteiger charge is -2.19. The Morgan fingerprint density at radius 2 is 2.00 bits per heavy atom. The zero-order valence-electron chi connectivity index (χ0n) is 14.6. The van der Waals surface area contributed by atoms with Crippen molar-refractivity contribution >= 4 is 11.8 Å². The fraction of sp³-hybridized carbons (Fsp3) is 0.318. The Morgan fingerprint density at radius 3 is 2.79 bits per heavy atom. The number of rotatable bonds is 6. The SMILES string of the molecule is CCCCOc1ccc2c(c1)CCN=C2/C(C)=C/c1ccccc1. The van der Waals surface area contributed by atoms with Gasteiger partial charge < -0.3 is 4.74 Å². The minimum atomic E-state index is 0.795. The van der Waals surface area contributed by atoms with Crippen LogP contribution in [0.4, 0.5) is 0 Å². The quantitative estimate of drug-likeness (QED) is 0.661. The van der Waals surface area contributed by atoms with E-state index >= 15 is 0 Å². The molecule has 24 heavy (non-hydrogen) atoms. The van der Waals surface area contributed by atoms with Gasteiger partial charge in [0.25, 0.3) is 0 Å². The summed E-state index contributed by atoms with van der Waals surface area (Å²) < 4.78 is 5.85. The summed E-state index contributed by atoms with van der Waals surface area (Å²) >= 11 is 0. The zero-order chi connectivity index (χ0) is 16.8. The molecule has 124 valence electrons. The van der Waals surface area contributed by atoms with Gasteiger partial charge in [-0.1, -0.05) is 43.7 Å². The molecule has 0 aliphatic carbocycles. The molecule has 3 rings (SSSR count). The van der Waals surface area contributed by atoms with E-state index < -0.39 is 0 Å². The van der Waals surface area contributed by atoms with E-state index in [1.54, 1.807) is 0 Å². The molecule has 0 saturated carbocycles. The Hall–Kier alpha value is -2.35. The van der Waals surface area contributed by atoms with Crippen LogP contribution in [-0.2, 0) is 6.42 Å². The molecule has 0 saturated heterocycles. The molecule has 0 unspecified atom stereocenters. The number of ether oxygens (including phenoxy) is 1. The van der Waals surface area contributed by atoms with Crippen LogP contribution in [0.1, 0.15) is 43.4 Å². The first-order valence-electron chi connectivity index (χ1n) is 8.82. The molecule has 2 nitrogen and oxygen atoms in total. The first-order valence-corrected chi connectivity index (χ1v) is 8.82. The van der Waals surface area contributed by atoms with Crippen molar-refractivity contribution in [3.63, 3.8) is 0 Å². The van der Waals surface area contributed by atoms with Crippen LogP contribution in [0.5, 0.6) is 5.75 Å². The number of fused-ring (bicyclic) bond motifs is 1. The van der Waals surface area contributed by atoms with E-state index in [0.717, 1.165) is 43.9 Å². The zero-order valence-corrected chi connectivity index (χ0v) is 14.6. The van der Waals surface area contributed by atoms with Gasteiger partial charge in [-0.3, -0.25) is 4.99 Å². The Bertz CT molecular complexity index is 744. The molecule has 2 aromatic rings. The first-order chi connectivity index (χ1) is 11.8. The lowest BCUT2D eigenvalue weighted by atomic mass is 9.93. The number of allylic oxidation sites excluding steroid dienone is 1. The van der Waals surface area contributed by atoms with Crippen molar-refractivity contribution in [3.05, 3.63) is 70.8 Å². The number of hydrogen-bond donors (Lipinski definition) is 0. The molecule has 0 radical (unpaired) electrons. The maximum absolute atomic E-state index is 5.85. The van der Waals surface area contributed by atoms with E-state index in [-0.39, 0.29) is 0 Å². The van der Waals surface area contributed by atoms with Gasteiger partial charge in [0.05, 0.1) is 12.3 Å². The van der Waals surface area contributed by atoms with Crippen molar-refractivity contribution in [1.82, 2.24) is 0 Å². The second-order valence-electron chi connectivity index (χ2n) is 6.24. The lowest BCUT2D eigenvalue weighted by molar-refractivity contribution is 0.309. The van der Waals surface area contributed by atoms with Gasteiger partial charge in [-0.15, -0.1) is 0 Å². The predicted molar refractivity (Wildman–Crippen MR) is 102 cm³/mol. The Balaban J connectivity index is 1.83. The van der Waals surface area contributed by atoms with Crippen LogP contribution in [0.25, 0.3) is 6.08 Å². The van der Waals surface area contributed by atoms with Crippen LogP contribution >= 0.6 is 0 Å². The number of unbranched alkanes of at least 4 members (excludes halogenated alkanes) is 1. The highest BCUT2D eigenvalue weighted by Crippen LogP contribution is 2.25. The third-order valence-corrected chi connectivity index (χ3v) is 4.31. The van der Waals surface area contributed by atoms with Crippen LogP contribution in [0.3, 0.4) is 0 Å². The third-order valence-electron chi connectivity index (χ3n) is 4.31. The fourth-order valence-corrected chi connectivity index (χ4v) is 3.01. The molecule has 0 atom stereocenters. The molecule has 1 aliphatic rings. The molecule has 0 bridgehead atoms. The molecule has 0 spiro atoms. The van der Waals surface area contributed by atoms with Gasteiger partial charge >= 0.3 is 0 Å². The van der Waals surface area contributed by atoms with Crippen LogP contribution in [0, 0.1) is 0 Å². The van der Waals surface area contributed by atoms with Crippen LogP contribution in [0.15, 0.2) is 59.1 Å². The highest BCUT2D eigenvalue weighted by molar-refractivity contribution is 6.15. The van der Waals surface area contributed by atoms with Crippen molar-refractivity contribution in [2.24, 2.45) is 4.99 Å². The summed E-state index contributed by atoms with van der Waals surface area (Å²) in [5.41, 5.74) is 6.12. The highest BCUT2D eigenvalue weighted by Gasteiger charge is 2.16. The maximum Gasteiger partial charge on any atom is 0.119 e. The fourth-order valence-electron chi connectivity index (χ4n) is 3.01. The Labute approximate surface area is 144 Å². The molecule has 0 aromatic heterocycles. The van der Waals surface area contributed by atoms with Crippen LogP contribution in [-0.4, -0.2) is 18.9 Å². The first kappa shape index (κ1) is 16.5. The second kappa shape index (κ2) is 7.96. The summed E-state index contributed by atoms with van der Waals surface area (Å²) in [7, 11) is 0. The van der Waals surface area contributed by atoms with Gasteiger partial charge in [-0.25, -0.2) is 0 Å². The lowest BCUT2D eigenvalue weighted by Crippen LogP contribution is -2.14. The van der Waals surface area contributed by atoms with Crippen molar-refractivity contribution < 1.29 is 4.74 Å². The molecule has 0 N–H and O–H groups in total. The van der Waals surface area contributed by atoms with Gasteiger partial charge in [0, 0.05) is 12.1 Å². The van der Waals surface area contributed by atoms with Gasteiger partial charge in [0.2, 0.25) is 0 Å². The minimum absolute atomic E-state index is 0.795. The van der Waals surface area contributed by atoms with E-state index in [4.69, 9.17) is 9.73 Å². The molecule has 1 aliphatic heterocycles. The van der Waals surface area contributed by atoms with E-state index in [9.17, 15) is 0 Å². The predicted octanol–water partition coefficient (Wildman–Crippen LogP) is 5.31. The topological polar surface area (TPSA) is 21.6 Å². The van der Waals surface area contributed by atoms with Crippen molar-refractivity contribution in [2.75, 3.05) is 13.2 Å². The number of hydrogen-bond acceptors (Lipinski definition) is 2. The molecule has 2 aromatic carbocycles. The van der Waals surface area contributed by atoms with E-state index in [1.807, 2.05) is 6.07 Å². The van der Waals surface area contributed by atoms with Crippen LogP contribution in [0.2, 0.25) is 0 Å². The second-order valence-corrected chi connectivity index (χ2v) is 6.24. The molecule has 0 amide bonds. The van der Waals surface area contributed by atoms with Crippen molar-refractivity contribution in [2.45, 2.75) is 33.1 Å². The van der Waals surface area contributed by atoms with Crippen LogP contribution < -0.4 is 4.74 Å². The monoisotopic (exact) mass is 319 g/mol. The number of benzene rings is 2. The van der Waals surface area contributed by atoms with Gasteiger partial charge in [0.15, 0.2) is 0 Å². The minimum Gasteiger partial charge on any atom is -0.494 e. The number of aliphatic imine (C=N–C) groups is 1. The van der Waals surface area contributed by atoms with E-state index in [2.05, 4.69) is 62.4 Å². The van der Waals surface area contributed by atoms with Crippen molar-refractivity contribution in [1.29, 1.82) is 0 Å². The Morgan fingerprint density at radius 1 is 1.17 bits per heavy atom. The third kappa shape index (κ3) is 3.94. The van der Waals surface area contributed by atoms with Gasteiger partial charge in [-0.2, -0.15) is 0 Å². The molecule has 2 heteroatoms. The van der Waals surface area contributed by atoms with Gasteiger partial charge in [-0.05, 0) is 60.7 Å². The summed E-state index contributed by atoms with van der Waals surface area (Å²) in [6.07, 6.45) is 5.45. The molecular weight excluding hydrogens is 294 g/mol. The average molecular weight is 319 g/mol. The number of nitrogens with zero attached hydrogens (tertiary/aromatic N) is 1. The molecule has 0 fully saturated rings. The summed E-state index contributed by atoms with van der Waals surface area (Å²) in [5.74, 6) is 0.980. The largest absolute Gasteiger partial charge is 0.494 e. The average Bonchev–Trinajstić information content (AvgIpc) is 2.62.